The maximum atomic E-state index is 10.0. The van der Waals surface area contributed by atoms with Gasteiger partial charge in [0.25, 0.3) is 0 Å². The van der Waals surface area contributed by atoms with Crippen molar-refractivity contribution in [3.63, 3.8) is 0 Å². The zero-order valence-corrected chi connectivity index (χ0v) is 28.8. The van der Waals surface area contributed by atoms with Gasteiger partial charge >= 0.3 is 0 Å². The van der Waals surface area contributed by atoms with Crippen LogP contribution in [0.5, 0.6) is 0 Å². The Kier molecular flexibility index (Phi) is 8.35. The van der Waals surface area contributed by atoms with Crippen molar-refractivity contribution < 1.29 is 34.4 Å². The van der Waals surface area contributed by atoms with E-state index in [9.17, 15) is 4.79 Å². The van der Waals surface area contributed by atoms with E-state index in [2.05, 4.69) is 101 Å². The van der Waals surface area contributed by atoms with Crippen molar-refractivity contribution in [3.8, 4) is 11.3 Å². The molecule has 1 N–H and O–H groups in total. The molecule has 0 unspecified atom stereocenters. The molecule has 0 saturated carbocycles. The number of aryl methyl sites for hydroxylation is 1. The molecule has 0 fully saturated rings. The number of pyridine rings is 1. The van der Waals surface area contributed by atoms with Crippen molar-refractivity contribution in [2.45, 2.75) is 72.1 Å². The largest absolute Gasteiger partial charge is 0.512 e. The van der Waals surface area contributed by atoms with E-state index < -0.39 is 0 Å². The number of hydrogen-bond acceptors (Lipinski definition) is 4. The number of benzene rings is 4. The average Bonchev–Trinajstić information content (AvgIpc) is 3.29. The molecule has 2 aromatic heterocycles. The quantitative estimate of drug-likeness (QED) is 0.108. The summed E-state index contributed by atoms with van der Waals surface area (Å²) in [4.78, 5) is 14.8. The van der Waals surface area contributed by atoms with Crippen molar-refractivity contribution in [2.24, 2.45) is 0 Å². The first-order chi connectivity index (χ1) is 20.3. The third-order valence-corrected chi connectivity index (χ3v) is 8.90. The van der Waals surface area contributed by atoms with Crippen LogP contribution in [0.4, 0.5) is 0 Å². The van der Waals surface area contributed by atoms with E-state index in [0.717, 1.165) is 44.0 Å². The Hall–Kier alpha value is -3.79. The number of aliphatic hydroxyl groups excluding tert-OH is 1. The smallest absolute Gasteiger partial charge is 0.155 e. The summed E-state index contributed by atoms with van der Waals surface area (Å²) < 4.78 is 6.48. The number of ketones is 1. The normalized spacial score (nSPS) is 15.5. The molecule has 1 aliphatic carbocycles. The summed E-state index contributed by atoms with van der Waals surface area (Å²) in [6.45, 7) is 14.5. The van der Waals surface area contributed by atoms with Crippen molar-refractivity contribution in [3.05, 3.63) is 101 Å². The molecular weight excluding hydrogens is 723 g/mol. The standard InChI is InChI=1S/C34H30NO.C5H8O2.Ir/c1-20-6-7-21-8-9-23(15-24(21)14-20)32-25-17-26-27-18-28-29(34(4,5)12-11-33(28,2)3)19-31(27)36-30(26)16-22(25)10-13-35-32;1-4(6)3-5(2)7;/h6-10,13-14,16-19H,11-12H2,1-5H3;3,6H,1-2H3;/q-1;;/b;4-3-;. The number of carbonyl (C=O) groups excluding carboxylic acids is 1. The Balaban J connectivity index is 0.000000433. The molecule has 1 radical (unpaired) electrons. The van der Waals surface area contributed by atoms with Gasteiger partial charge in [-0.1, -0.05) is 56.3 Å². The van der Waals surface area contributed by atoms with E-state index >= 15 is 0 Å². The van der Waals surface area contributed by atoms with Gasteiger partial charge in [-0.15, -0.1) is 29.7 Å². The molecule has 4 aromatic carbocycles. The zero-order chi connectivity index (χ0) is 30.7. The Labute approximate surface area is 272 Å². The number of nitrogens with zero attached hydrogens (tertiary/aromatic N) is 1. The third kappa shape index (κ3) is 5.84. The van der Waals surface area contributed by atoms with Crippen LogP contribution in [0.25, 0.3) is 54.7 Å². The second-order valence-electron chi connectivity index (χ2n) is 13.4. The van der Waals surface area contributed by atoms with Crippen LogP contribution in [0.1, 0.15) is 71.1 Å². The summed E-state index contributed by atoms with van der Waals surface area (Å²) in [6, 6.07) is 25.7. The molecule has 0 aliphatic heterocycles. The van der Waals surface area contributed by atoms with Gasteiger partial charge in [-0.25, -0.2) is 0 Å². The van der Waals surface area contributed by atoms with Gasteiger partial charge < -0.3 is 9.52 Å². The molecule has 0 saturated heterocycles. The fourth-order valence-electron chi connectivity index (χ4n) is 6.43. The molecular formula is C39H38IrNO3-. The molecule has 7 rings (SSSR count). The van der Waals surface area contributed by atoms with Crippen LogP contribution >= 0.6 is 0 Å². The second-order valence-corrected chi connectivity index (χ2v) is 13.4. The van der Waals surface area contributed by atoms with Crippen LogP contribution in [0, 0.1) is 13.0 Å². The minimum atomic E-state index is -0.125. The molecule has 2 heterocycles. The summed E-state index contributed by atoms with van der Waals surface area (Å²) in [6.07, 6.45) is 5.45. The number of rotatable bonds is 2. The molecule has 0 atom stereocenters. The minimum absolute atomic E-state index is 0. The van der Waals surface area contributed by atoms with E-state index in [0.29, 0.717) is 0 Å². The number of fused-ring (bicyclic) bond motifs is 6. The molecule has 1 aliphatic rings. The molecule has 4 nitrogen and oxygen atoms in total. The number of aliphatic hydroxyl groups is 1. The van der Waals surface area contributed by atoms with E-state index in [1.54, 1.807) is 0 Å². The summed E-state index contributed by atoms with van der Waals surface area (Å²) in [5.41, 5.74) is 8.34. The topological polar surface area (TPSA) is 63.3 Å². The van der Waals surface area contributed by atoms with E-state index in [1.165, 1.54) is 60.2 Å². The summed E-state index contributed by atoms with van der Waals surface area (Å²) in [7, 11) is 0. The molecule has 5 heteroatoms. The maximum absolute atomic E-state index is 10.0. The predicted octanol–water partition coefficient (Wildman–Crippen LogP) is 10.4. The fraction of sp³-hybridized carbons (Fsp3) is 0.282. The number of furan rings is 1. The summed E-state index contributed by atoms with van der Waals surface area (Å²) in [5, 5.41) is 15.3. The Morgan fingerprint density at radius 1 is 0.841 bits per heavy atom. The first kappa shape index (κ1) is 31.6. The number of hydrogen-bond donors (Lipinski definition) is 1. The Bertz CT molecular complexity index is 2090. The van der Waals surface area contributed by atoms with E-state index in [4.69, 9.17) is 14.5 Å². The van der Waals surface area contributed by atoms with Crippen LogP contribution in [0.15, 0.2) is 83.1 Å². The van der Waals surface area contributed by atoms with Gasteiger partial charge in [0.05, 0.1) is 5.76 Å². The Morgan fingerprint density at radius 2 is 1.48 bits per heavy atom. The average molecular weight is 761 g/mol. The number of carbonyl (C=O) groups is 1. The van der Waals surface area contributed by atoms with Crippen LogP contribution < -0.4 is 0 Å². The van der Waals surface area contributed by atoms with Crippen molar-refractivity contribution in [2.75, 3.05) is 0 Å². The number of aromatic nitrogens is 1. The van der Waals surface area contributed by atoms with Crippen molar-refractivity contribution >= 4 is 49.3 Å². The first-order valence-electron chi connectivity index (χ1n) is 14.9. The van der Waals surface area contributed by atoms with Crippen LogP contribution in [0.2, 0.25) is 0 Å². The molecule has 0 bridgehead atoms. The van der Waals surface area contributed by atoms with Crippen molar-refractivity contribution in [1.29, 1.82) is 0 Å². The molecule has 0 amide bonds. The van der Waals surface area contributed by atoms with Crippen molar-refractivity contribution in [1.82, 2.24) is 4.98 Å². The molecule has 227 valence electrons. The van der Waals surface area contributed by atoms with Gasteiger partial charge in [0.2, 0.25) is 0 Å². The van der Waals surface area contributed by atoms with Crippen LogP contribution in [-0.4, -0.2) is 15.9 Å². The zero-order valence-electron chi connectivity index (χ0n) is 26.4. The van der Waals surface area contributed by atoms with Gasteiger partial charge in [-0.2, -0.15) is 0 Å². The van der Waals surface area contributed by atoms with E-state index in [1.807, 2.05) is 6.20 Å². The van der Waals surface area contributed by atoms with Crippen LogP contribution in [-0.2, 0) is 35.7 Å². The summed E-state index contributed by atoms with van der Waals surface area (Å²) in [5.74, 6) is -0.0625. The molecule has 6 aromatic rings. The van der Waals surface area contributed by atoms with E-state index in [-0.39, 0.29) is 42.5 Å². The van der Waals surface area contributed by atoms with Gasteiger partial charge in [0, 0.05) is 48.8 Å². The first-order valence-corrected chi connectivity index (χ1v) is 14.9. The SMILES string of the molecule is CC(=O)/C=C(/C)O.Cc1ccc2ccc(-c3nccc4cc5oc6cc7c(cc6c5cc34)C(C)(C)CCC7(C)C)[c-]c2c1.[Ir]. The van der Waals surface area contributed by atoms with Gasteiger partial charge in [0.15, 0.2) is 5.78 Å². The fourth-order valence-corrected chi connectivity index (χ4v) is 6.43. The number of allylic oxidation sites excluding steroid dienone is 2. The Morgan fingerprint density at radius 3 is 2.14 bits per heavy atom. The summed E-state index contributed by atoms with van der Waals surface area (Å²) >= 11 is 0. The predicted molar refractivity (Wildman–Crippen MR) is 178 cm³/mol. The van der Waals surface area contributed by atoms with Gasteiger partial charge in [-0.3, -0.25) is 9.78 Å². The van der Waals surface area contributed by atoms with Gasteiger partial charge in [0.1, 0.15) is 11.2 Å². The monoisotopic (exact) mass is 761 g/mol. The minimum Gasteiger partial charge on any atom is -0.512 e. The second kappa shape index (κ2) is 11.6. The molecule has 44 heavy (non-hydrogen) atoms. The van der Waals surface area contributed by atoms with Gasteiger partial charge in [-0.05, 0) is 96.7 Å². The maximum Gasteiger partial charge on any atom is 0.155 e. The third-order valence-electron chi connectivity index (χ3n) is 8.90. The molecule has 0 spiro atoms. The van der Waals surface area contributed by atoms with Crippen LogP contribution in [0.3, 0.4) is 0 Å².